The van der Waals surface area contributed by atoms with Gasteiger partial charge in [-0.2, -0.15) is 0 Å². The molecule has 90 valence electrons. The van der Waals surface area contributed by atoms with Gasteiger partial charge in [0, 0.05) is 13.5 Å². The first-order valence-electron chi connectivity index (χ1n) is 5.43. The Kier molecular flexibility index (Phi) is 2.99. The smallest absolute Gasteiger partial charge is 0.305 e. The number of para-hydroxylation sites is 2. The second kappa shape index (κ2) is 4.45. The van der Waals surface area contributed by atoms with Gasteiger partial charge in [0.2, 0.25) is 5.91 Å². The molecule has 0 radical (unpaired) electrons. The lowest BCUT2D eigenvalue weighted by Gasteiger charge is -2.34. The number of carboxylic acids is 1. The molecule has 1 amide bonds. The number of hydrogen-bond donors (Lipinski definition) is 2. The van der Waals surface area contributed by atoms with Gasteiger partial charge in [-0.15, -0.1) is 0 Å². The van der Waals surface area contributed by atoms with Crippen LogP contribution in [0.5, 0.6) is 0 Å². The molecule has 0 fully saturated rings. The highest BCUT2D eigenvalue weighted by molar-refractivity contribution is 5.96. The number of anilines is 2. The Morgan fingerprint density at radius 3 is 2.82 bits per heavy atom. The first-order valence-corrected chi connectivity index (χ1v) is 5.43. The van der Waals surface area contributed by atoms with E-state index in [1.807, 2.05) is 24.3 Å². The van der Waals surface area contributed by atoms with E-state index < -0.39 is 5.97 Å². The van der Waals surface area contributed by atoms with Gasteiger partial charge in [-0.05, 0) is 12.1 Å². The van der Waals surface area contributed by atoms with Crippen molar-refractivity contribution in [1.82, 2.24) is 0 Å². The van der Waals surface area contributed by atoms with Gasteiger partial charge in [-0.25, -0.2) is 0 Å². The van der Waals surface area contributed by atoms with Crippen LogP contribution < -0.4 is 10.2 Å². The van der Waals surface area contributed by atoms with Crippen molar-refractivity contribution in [2.45, 2.75) is 19.4 Å². The lowest BCUT2D eigenvalue weighted by molar-refractivity contribution is -0.137. The number of carbonyl (C=O) groups excluding carboxylic acids is 1. The van der Waals surface area contributed by atoms with Crippen molar-refractivity contribution in [2.75, 3.05) is 16.8 Å². The molecular formula is C12H14N2O3. The molecule has 0 aromatic heterocycles. The predicted octanol–water partition coefficient (Wildman–Crippen LogP) is 1.31. The van der Waals surface area contributed by atoms with Crippen molar-refractivity contribution >= 4 is 23.3 Å². The zero-order chi connectivity index (χ0) is 12.4. The minimum Gasteiger partial charge on any atom is -0.481 e. The summed E-state index contributed by atoms with van der Waals surface area (Å²) in [5, 5.41) is 11.9. The van der Waals surface area contributed by atoms with Crippen LogP contribution in [-0.4, -0.2) is 29.6 Å². The molecule has 2 rings (SSSR count). The topological polar surface area (TPSA) is 69.6 Å². The van der Waals surface area contributed by atoms with Crippen molar-refractivity contribution < 1.29 is 14.7 Å². The molecule has 17 heavy (non-hydrogen) atoms. The van der Waals surface area contributed by atoms with Gasteiger partial charge in [-0.3, -0.25) is 9.59 Å². The zero-order valence-electron chi connectivity index (χ0n) is 9.51. The Labute approximate surface area is 99.0 Å². The van der Waals surface area contributed by atoms with Crippen LogP contribution in [0.1, 0.15) is 13.3 Å². The second-order valence-corrected chi connectivity index (χ2v) is 4.09. The fourth-order valence-electron chi connectivity index (χ4n) is 2.04. The van der Waals surface area contributed by atoms with Crippen molar-refractivity contribution in [1.29, 1.82) is 0 Å². The van der Waals surface area contributed by atoms with Crippen LogP contribution in [-0.2, 0) is 9.59 Å². The van der Waals surface area contributed by atoms with E-state index in [9.17, 15) is 9.59 Å². The van der Waals surface area contributed by atoms with Gasteiger partial charge in [0.25, 0.3) is 0 Å². The summed E-state index contributed by atoms with van der Waals surface area (Å²) in [5.41, 5.74) is 1.61. The Morgan fingerprint density at radius 2 is 2.18 bits per heavy atom. The van der Waals surface area contributed by atoms with E-state index in [1.165, 1.54) is 6.92 Å². The SMILES string of the molecule is CC(=O)N1CC(CC(=O)O)Nc2ccccc21. The highest BCUT2D eigenvalue weighted by Gasteiger charge is 2.27. The largest absolute Gasteiger partial charge is 0.481 e. The summed E-state index contributed by atoms with van der Waals surface area (Å²) in [6.45, 7) is 1.87. The molecule has 1 aliphatic rings. The summed E-state index contributed by atoms with van der Waals surface area (Å²) < 4.78 is 0. The molecule has 1 unspecified atom stereocenters. The van der Waals surface area contributed by atoms with Crippen LogP contribution in [0.15, 0.2) is 24.3 Å². The molecule has 0 spiro atoms. The fourth-order valence-corrected chi connectivity index (χ4v) is 2.04. The van der Waals surface area contributed by atoms with Gasteiger partial charge in [0.15, 0.2) is 0 Å². The molecule has 0 saturated carbocycles. The molecule has 5 nitrogen and oxygen atoms in total. The summed E-state index contributed by atoms with van der Waals surface area (Å²) in [5.74, 6) is -0.945. The minimum absolute atomic E-state index is 0.00187. The number of carbonyl (C=O) groups is 2. The third-order valence-electron chi connectivity index (χ3n) is 2.76. The van der Waals surface area contributed by atoms with Crippen LogP contribution in [0.25, 0.3) is 0 Å². The Morgan fingerprint density at radius 1 is 1.47 bits per heavy atom. The summed E-state index contributed by atoms with van der Waals surface area (Å²) in [6.07, 6.45) is -0.00187. The predicted molar refractivity (Wildman–Crippen MR) is 64.1 cm³/mol. The molecule has 2 N–H and O–H groups in total. The summed E-state index contributed by atoms with van der Waals surface area (Å²) in [4.78, 5) is 23.9. The number of rotatable bonds is 2. The van der Waals surface area contributed by atoms with Crippen LogP contribution >= 0.6 is 0 Å². The molecule has 1 aromatic carbocycles. The number of nitrogens with zero attached hydrogens (tertiary/aromatic N) is 1. The monoisotopic (exact) mass is 234 g/mol. The molecule has 0 saturated heterocycles. The summed E-state index contributed by atoms with van der Waals surface area (Å²) in [7, 11) is 0. The number of carboxylic acid groups (broad SMARTS) is 1. The van der Waals surface area contributed by atoms with E-state index >= 15 is 0 Å². The molecule has 5 heteroatoms. The number of fused-ring (bicyclic) bond motifs is 1. The van der Waals surface area contributed by atoms with Crippen molar-refractivity contribution in [2.24, 2.45) is 0 Å². The van der Waals surface area contributed by atoms with Crippen LogP contribution in [0.4, 0.5) is 11.4 Å². The average molecular weight is 234 g/mol. The maximum atomic E-state index is 11.5. The third kappa shape index (κ3) is 2.38. The quantitative estimate of drug-likeness (QED) is 0.809. The van der Waals surface area contributed by atoms with Crippen LogP contribution in [0.3, 0.4) is 0 Å². The van der Waals surface area contributed by atoms with E-state index in [4.69, 9.17) is 5.11 Å². The maximum Gasteiger partial charge on any atom is 0.305 e. The standard InChI is InChI=1S/C12H14N2O3/c1-8(15)14-7-9(6-12(16)17)13-10-4-2-3-5-11(10)14/h2-5,9,13H,6-7H2,1H3,(H,16,17). The van der Waals surface area contributed by atoms with Crippen molar-refractivity contribution in [3.05, 3.63) is 24.3 Å². The highest BCUT2D eigenvalue weighted by atomic mass is 16.4. The summed E-state index contributed by atoms with van der Waals surface area (Å²) in [6, 6.07) is 7.16. The molecule has 1 aromatic rings. The van der Waals surface area contributed by atoms with Gasteiger partial charge in [0.1, 0.15) is 0 Å². The summed E-state index contributed by atoms with van der Waals surface area (Å²) >= 11 is 0. The van der Waals surface area contributed by atoms with Gasteiger partial charge < -0.3 is 15.3 Å². The Hall–Kier alpha value is -2.04. The number of nitrogens with one attached hydrogen (secondary N) is 1. The van der Waals surface area contributed by atoms with E-state index in [0.717, 1.165) is 11.4 Å². The zero-order valence-corrected chi connectivity index (χ0v) is 9.51. The first kappa shape index (κ1) is 11.4. The van der Waals surface area contributed by atoms with Gasteiger partial charge in [0.05, 0.1) is 23.8 Å². The lowest BCUT2D eigenvalue weighted by atomic mass is 10.1. The number of hydrogen-bond acceptors (Lipinski definition) is 3. The molecule has 1 atom stereocenters. The molecular weight excluding hydrogens is 220 g/mol. The lowest BCUT2D eigenvalue weighted by Crippen LogP contribution is -2.44. The fraction of sp³-hybridized carbons (Fsp3) is 0.333. The van der Waals surface area contributed by atoms with Gasteiger partial charge in [-0.1, -0.05) is 12.1 Å². The number of aliphatic carboxylic acids is 1. The van der Waals surface area contributed by atoms with E-state index in [0.29, 0.717) is 6.54 Å². The Bertz CT molecular complexity index is 459. The van der Waals surface area contributed by atoms with Gasteiger partial charge >= 0.3 is 5.97 Å². The highest BCUT2D eigenvalue weighted by Crippen LogP contribution is 2.31. The van der Waals surface area contributed by atoms with E-state index in [-0.39, 0.29) is 18.4 Å². The third-order valence-corrected chi connectivity index (χ3v) is 2.76. The first-order chi connectivity index (χ1) is 8.08. The second-order valence-electron chi connectivity index (χ2n) is 4.09. The molecule has 0 aliphatic carbocycles. The van der Waals surface area contributed by atoms with Crippen molar-refractivity contribution in [3.8, 4) is 0 Å². The molecule has 1 aliphatic heterocycles. The normalized spacial score (nSPS) is 18.2. The average Bonchev–Trinajstić information content (AvgIpc) is 2.27. The van der Waals surface area contributed by atoms with Crippen molar-refractivity contribution in [3.63, 3.8) is 0 Å². The van der Waals surface area contributed by atoms with Crippen LogP contribution in [0.2, 0.25) is 0 Å². The number of amides is 1. The van der Waals surface area contributed by atoms with E-state index in [2.05, 4.69) is 5.32 Å². The van der Waals surface area contributed by atoms with E-state index in [1.54, 1.807) is 4.90 Å². The minimum atomic E-state index is -0.870. The van der Waals surface area contributed by atoms with Crippen LogP contribution in [0, 0.1) is 0 Å². The molecule has 1 heterocycles. The maximum absolute atomic E-state index is 11.5. The Balaban J connectivity index is 2.29. The molecule has 0 bridgehead atoms. The number of benzene rings is 1.